The third-order valence-electron chi connectivity index (χ3n) is 2.36. The molecule has 1 aromatic heterocycles. The van der Waals surface area contributed by atoms with Crippen molar-refractivity contribution < 1.29 is 0 Å². The van der Waals surface area contributed by atoms with Crippen molar-refractivity contribution in [1.82, 2.24) is 14.8 Å². The second-order valence-electron chi connectivity index (χ2n) is 3.26. The first-order valence-electron chi connectivity index (χ1n) is 4.26. The summed E-state index contributed by atoms with van der Waals surface area (Å²) < 4.78 is 2.01. The first kappa shape index (κ1) is 7.46. The van der Waals surface area contributed by atoms with Crippen LogP contribution in [0.15, 0.2) is 12.7 Å². The van der Waals surface area contributed by atoms with Crippen molar-refractivity contribution in [3.8, 4) is 0 Å². The Morgan fingerprint density at radius 1 is 1.42 bits per heavy atom. The van der Waals surface area contributed by atoms with Crippen molar-refractivity contribution in [3.05, 3.63) is 12.7 Å². The second-order valence-corrected chi connectivity index (χ2v) is 3.26. The molecule has 0 bridgehead atoms. The number of aromatic nitrogens is 3. The smallest absolute Gasteiger partial charge is 0.119 e. The fourth-order valence-corrected chi connectivity index (χ4v) is 1.69. The van der Waals surface area contributed by atoms with E-state index >= 15 is 0 Å². The third kappa shape index (κ3) is 1.37. The van der Waals surface area contributed by atoms with E-state index in [1.807, 2.05) is 4.57 Å². The predicted molar refractivity (Wildman–Crippen MR) is 45.3 cm³/mol. The molecule has 1 heterocycles. The molecule has 0 aliphatic heterocycles. The minimum Gasteiger partial charge on any atom is -0.317 e. The SMILES string of the molecule is N=C1CCC[C@@H](n2cnnc2)C1. The first-order valence-corrected chi connectivity index (χ1v) is 4.26. The van der Waals surface area contributed by atoms with Gasteiger partial charge in [0.25, 0.3) is 0 Å². The topological polar surface area (TPSA) is 54.6 Å². The molecular weight excluding hydrogens is 152 g/mol. The van der Waals surface area contributed by atoms with Crippen LogP contribution >= 0.6 is 0 Å². The fourth-order valence-electron chi connectivity index (χ4n) is 1.69. The number of nitrogens with one attached hydrogen (secondary N) is 1. The van der Waals surface area contributed by atoms with Crippen LogP contribution in [0.5, 0.6) is 0 Å². The average molecular weight is 164 g/mol. The van der Waals surface area contributed by atoms with Crippen LogP contribution in [0.1, 0.15) is 31.7 Å². The molecule has 0 radical (unpaired) electrons. The van der Waals surface area contributed by atoms with Gasteiger partial charge in [0.05, 0.1) is 0 Å². The van der Waals surface area contributed by atoms with Crippen molar-refractivity contribution in [2.24, 2.45) is 0 Å². The van der Waals surface area contributed by atoms with E-state index in [2.05, 4.69) is 10.2 Å². The Bertz CT molecular complexity index is 265. The minimum atomic E-state index is 0.432. The van der Waals surface area contributed by atoms with Gasteiger partial charge >= 0.3 is 0 Å². The molecule has 0 saturated heterocycles. The minimum absolute atomic E-state index is 0.432. The molecule has 64 valence electrons. The molecule has 0 unspecified atom stereocenters. The Labute approximate surface area is 71.1 Å². The molecule has 12 heavy (non-hydrogen) atoms. The van der Waals surface area contributed by atoms with Crippen LogP contribution in [-0.2, 0) is 0 Å². The van der Waals surface area contributed by atoms with Crippen LogP contribution in [0.2, 0.25) is 0 Å². The highest BCUT2D eigenvalue weighted by Crippen LogP contribution is 2.25. The van der Waals surface area contributed by atoms with Gasteiger partial charge in [-0.15, -0.1) is 10.2 Å². The molecule has 1 aliphatic rings. The van der Waals surface area contributed by atoms with E-state index in [1.165, 1.54) is 0 Å². The van der Waals surface area contributed by atoms with Gasteiger partial charge < -0.3 is 9.98 Å². The molecule has 1 fully saturated rings. The molecule has 1 N–H and O–H groups in total. The maximum atomic E-state index is 7.57. The molecule has 1 saturated carbocycles. The van der Waals surface area contributed by atoms with E-state index < -0.39 is 0 Å². The van der Waals surface area contributed by atoms with Gasteiger partial charge in [-0.2, -0.15) is 0 Å². The average Bonchev–Trinajstić information content (AvgIpc) is 2.56. The van der Waals surface area contributed by atoms with Crippen LogP contribution in [0.3, 0.4) is 0 Å². The largest absolute Gasteiger partial charge is 0.317 e. The third-order valence-corrected chi connectivity index (χ3v) is 2.36. The van der Waals surface area contributed by atoms with E-state index in [4.69, 9.17) is 5.41 Å². The van der Waals surface area contributed by atoms with E-state index in [-0.39, 0.29) is 0 Å². The highest BCUT2D eigenvalue weighted by molar-refractivity contribution is 5.82. The second kappa shape index (κ2) is 3.05. The summed E-state index contributed by atoms with van der Waals surface area (Å²) in [5.41, 5.74) is 0.861. The van der Waals surface area contributed by atoms with Crippen molar-refractivity contribution in [3.63, 3.8) is 0 Å². The number of rotatable bonds is 1. The van der Waals surface area contributed by atoms with Gasteiger partial charge in [-0.05, 0) is 19.3 Å². The summed E-state index contributed by atoms with van der Waals surface area (Å²) in [6, 6.07) is 0.432. The summed E-state index contributed by atoms with van der Waals surface area (Å²) >= 11 is 0. The zero-order valence-corrected chi connectivity index (χ0v) is 6.90. The van der Waals surface area contributed by atoms with E-state index in [0.717, 1.165) is 31.4 Å². The molecule has 4 nitrogen and oxygen atoms in total. The van der Waals surface area contributed by atoms with E-state index in [9.17, 15) is 0 Å². The summed E-state index contributed by atoms with van der Waals surface area (Å²) in [5.74, 6) is 0. The summed E-state index contributed by atoms with van der Waals surface area (Å²) in [5, 5.41) is 15.1. The molecular formula is C8H12N4. The van der Waals surface area contributed by atoms with Crippen molar-refractivity contribution in [2.75, 3.05) is 0 Å². The molecule has 1 aromatic rings. The lowest BCUT2D eigenvalue weighted by atomic mass is 9.94. The zero-order valence-electron chi connectivity index (χ0n) is 6.90. The fraction of sp³-hybridized carbons (Fsp3) is 0.625. The molecule has 1 atom stereocenters. The van der Waals surface area contributed by atoms with Gasteiger partial charge in [0.2, 0.25) is 0 Å². The van der Waals surface area contributed by atoms with Gasteiger partial charge in [-0.1, -0.05) is 0 Å². The monoisotopic (exact) mass is 164 g/mol. The Kier molecular flexibility index (Phi) is 1.89. The highest BCUT2D eigenvalue weighted by atomic mass is 15.2. The normalized spacial score (nSPS) is 24.3. The van der Waals surface area contributed by atoms with Crippen molar-refractivity contribution >= 4 is 5.71 Å². The quantitative estimate of drug-likeness (QED) is 0.682. The zero-order chi connectivity index (χ0) is 8.39. The molecule has 4 heteroatoms. The first-order chi connectivity index (χ1) is 5.86. The van der Waals surface area contributed by atoms with Crippen LogP contribution in [0.25, 0.3) is 0 Å². The lowest BCUT2D eigenvalue weighted by Crippen LogP contribution is -2.17. The lowest BCUT2D eigenvalue weighted by molar-refractivity contribution is 0.441. The van der Waals surface area contributed by atoms with Gasteiger partial charge in [-0.25, -0.2) is 0 Å². The predicted octanol–water partition coefficient (Wildman–Crippen LogP) is 1.41. The van der Waals surface area contributed by atoms with Gasteiger partial charge in [0, 0.05) is 18.2 Å². The molecule has 1 aliphatic carbocycles. The Hall–Kier alpha value is -1.19. The van der Waals surface area contributed by atoms with Crippen LogP contribution in [0, 0.1) is 5.41 Å². The van der Waals surface area contributed by atoms with Crippen LogP contribution in [0.4, 0.5) is 0 Å². The van der Waals surface area contributed by atoms with E-state index in [1.54, 1.807) is 12.7 Å². The standard InChI is InChI=1S/C8H12N4/c9-7-2-1-3-8(4-7)12-5-10-11-6-12/h5-6,8-9H,1-4H2/t8-/m1/s1. The molecule has 0 amide bonds. The molecule has 0 spiro atoms. The van der Waals surface area contributed by atoms with E-state index in [0.29, 0.717) is 6.04 Å². The van der Waals surface area contributed by atoms with Gasteiger partial charge in [0.15, 0.2) is 0 Å². The number of hydrogen-bond donors (Lipinski definition) is 1. The molecule has 0 aromatic carbocycles. The number of nitrogens with zero attached hydrogens (tertiary/aromatic N) is 3. The van der Waals surface area contributed by atoms with Crippen LogP contribution < -0.4 is 0 Å². The summed E-state index contributed by atoms with van der Waals surface area (Å²) in [6.07, 6.45) is 7.60. The Morgan fingerprint density at radius 2 is 2.17 bits per heavy atom. The van der Waals surface area contributed by atoms with Crippen molar-refractivity contribution in [1.29, 1.82) is 5.41 Å². The summed E-state index contributed by atoms with van der Waals surface area (Å²) in [4.78, 5) is 0. The Morgan fingerprint density at radius 3 is 2.83 bits per heavy atom. The Balaban J connectivity index is 2.09. The van der Waals surface area contributed by atoms with Gasteiger partial charge in [0.1, 0.15) is 12.7 Å². The number of hydrogen-bond acceptors (Lipinski definition) is 3. The highest BCUT2D eigenvalue weighted by Gasteiger charge is 2.17. The van der Waals surface area contributed by atoms with Gasteiger partial charge in [-0.3, -0.25) is 0 Å². The summed E-state index contributed by atoms with van der Waals surface area (Å²) in [7, 11) is 0. The maximum Gasteiger partial charge on any atom is 0.119 e. The summed E-state index contributed by atoms with van der Waals surface area (Å²) in [6.45, 7) is 0. The van der Waals surface area contributed by atoms with Crippen molar-refractivity contribution in [2.45, 2.75) is 31.7 Å². The van der Waals surface area contributed by atoms with Crippen LogP contribution in [-0.4, -0.2) is 20.5 Å². The molecule has 2 rings (SSSR count). The maximum absolute atomic E-state index is 7.57. The lowest BCUT2D eigenvalue weighted by Gasteiger charge is -2.22.